The highest BCUT2D eigenvalue weighted by Crippen LogP contribution is 2.54. The summed E-state index contributed by atoms with van der Waals surface area (Å²) in [6.45, 7) is 0.812. The van der Waals surface area contributed by atoms with E-state index in [1.807, 2.05) is 0 Å². The normalized spacial score (nSPS) is 44.4. The molecule has 0 saturated carbocycles. The average molecular weight is 260 g/mol. The molecule has 0 N–H and O–H groups in total. The Morgan fingerprint density at radius 1 is 1.00 bits per heavy atom. The van der Waals surface area contributed by atoms with E-state index < -0.39 is 36.2 Å². The molecule has 0 aliphatic carbocycles. The highest BCUT2D eigenvalue weighted by Gasteiger charge is 2.79. The second kappa shape index (κ2) is 3.22. The molecule has 2 rings (SSSR count). The van der Waals surface area contributed by atoms with Crippen molar-refractivity contribution >= 4 is 12.1 Å². The van der Waals surface area contributed by atoms with E-state index in [-0.39, 0.29) is 0 Å². The lowest BCUT2D eigenvalue weighted by atomic mass is 10.2. The molecular weight excluding hydrogens is 256 g/mol. The zero-order chi connectivity index (χ0) is 13.1. The molecule has 2 aliphatic heterocycles. The molecule has 0 atom stereocenters. The van der Waals surface area contributed by atoms with Gasteiger partial charge in [-0.3, -0.25) is 28.5 Å². The second-order valence-electron chi connectivity index (χ2n) is 3.37. The third-order valence-electron chi connectivity index (χ3n) is 2.11. The van der Waals surface area contributed by atoms with Crippen LogP contribution in [0.1, 0.15) is 6.92 Å². The van der Waals surface area contributed by atoms with Crippen molar-refractivity contribution in [3.63, 3.8) is 0 Å². The van der Waals surface area contributed by atoms with E-state index in [1.165, 1.54) is 0 Å². The van der Waals surface area contributed by atoms with Crippen molar-refractivity contribution in [1.82, 2.24) is 0 Å². The topological polar surface area (TPSA) is 71.1 Å². The number of carbonyl (C=O) groups excluding carboxylic acids is 2. The monoisotopic (exact) mass is 260 g/mol. The van der Waals surface area contributed by atoms with Crippen LogP contribution in [-0.2, 0) is 28.5 Å². The average Bonchev–Trinajstić information content (AvgIpc) is 2.06. The Morgan fingerprint density at radius 2 is 1.47 bits per heavy atom. The fourth-order valence-electron chi connectivity index (χ4n) is 1.28. The lowest BCUT2D eigenvalue weighted by molar-refractivity contribution is -0.751. The first kappa shape index (κ1) is 12.4. The molecule has 0 aromatic carbocycles. The summed E-state index contributed by atoms with van der Waals surface area (Å²) < 4.78 is 65.9. The highest BCUT2D eigenvalue weighted by atomic mass is 19.3. The molecule has 2 fully saturated rings. The summed E-state index contributed by atoms with van der Waals surface area (Å²) in [7, 11) is 0. The Hall–Kier alpha value is -1.10. The number of halogens is 4. The number of hydrogen-bond donors (Lipinski definition) is 0. The Balaban J connectivity index is 2.05. The van der Waals surface area contributed by atoms with Crippen LogP contribution in [0.2, 0.25) is 0 Å². The van der Waals surface area contributed by atoms with Crippen molar-refractivity contribution < 1.29 is 46.1 Å². The van der Waals surface area contributed by atoms with Crippen LogP contribution in [0.3, 0.4) is 0 Å². The van der Waals surface area contributed by atoms with Gasteiger partial charge in [0.25, 0.3) is 5.79 Å². The maximum atomic E-state index is 12.3. The van der Waals surface area contributed by atoms with Crippen LogP contribution in [0.4, 0.5) is 17.6 Å². The van der Waals surface area contributed by atoms with Crippen molar-refractivity contribution in [3.8, 4) is 0 Å². The zero-order valence-corrected chi connectivity index (χ0v) is 8.04. The van der Waals surface area contributed by atoms with Gasteiger partial charge in [0.1, 0.15) is 0 Å². The number of hydrogen-bond acceptors (Lipinski definition) is 6. The summed E-state index contributed by atoms with van der Waals surface area (Å²) >= 11 is 0. The minimum atomic E-state index is -3.65. The van der Waals surface area contributed by atoms with Crippen molar-refractivity contribution in [2.24, 2.45) is 0 Å². The first-order chi connectivity index (χ1) is 7.66. The van der Waals surface area contributed by atoms with Gasteiger partial charge in [0, 0.05) is 6.92 Å². The molecule has 2 saturated heterocycles. The summed E-state index contributed by atoms with van der Waals surface area (Å²) in [6.07, 6.45) is -6.29. The maximum absolute atomic E-state index is 12.3. The van der Waals surface area contributed by atoms with Crippen molar-refractivity contribution in [2.75, 3.05) is 0 Å². The standard InChI is InChI=1S/C7H4F4O6/c1-5(3(10)12)14-7(15-5)16-6(17-7,2(8)9)4(11)13/h2H,1H3. The third-order valence-corrected chi connectivity index (χ3v) is 2.11. The Morgan fingerprint density at radius 3 is 1.76 bits per heavy atom. The van der Waals surface area contributed by atoms with Crippen LogP contribution in [0.5, 0.6) is 0 Å². The zero-order valence-electron chi connectivity index (χ0n) is 8.04. The smallest absolute Gasteiger partial charge is 0.259 e. The Bertz CT molecular complexity index is 382. The van der Waals surface area contributed by atoms with E-state index in [2.05, 4.69) is 18.9 Å². The summed E-state index contributed by atoms with van der Waals surface area (Å²) in [4.78, 5) is 20.6. The second-order valence-corrected chi connectivity index (χ2v) is 3.37. The molecular formula is C7H4F4O6. The fourth-order valence-corrected chi connectivity index (χ4v) is 1.28. The maximum Gasteiger partial charge on any atom is 0.424 e. The van der Waals surface area contributed by atoms with Gasteiger partial charge in [0.05, 0.1) is 0 Å². The van der Waals surface area contributed by atoms with Gasteiger partial charge in [-0.2, -0.15) is 8.78 Å². The molecule has 0 radical (unpaired) electrons. The third kappa shape index (κ3) is 1.48. The van der Waals surface area contributed by atoms with Gasteiger partial charge in [-0.25, -0.2) is 8.78 Å². The molecule has 6 nitrogen and oxygen atoms in total. The molecule has 2 aliphatic rings. The van der Waals surface area contributed by atoms with Gasteiger partial charge in [-0.05, 0) is 0 Å². The minimum absolute atomic E-state index is 0.812. The Labute approximate surface area is 90.4 Å². The summed E-state index contributed by atoms with van der Waals surface area (Å²) in [5, 5.41) is 0. The first-order valence-corrected chi connectivity index (χ1v) is 4.14. The number of ether oxygens (including phenoxy) is 4. The van der Waals surface area contributed by atoms with Gasteiger partial charge in [0.15, 0.2) is 0 Å². The molecule has 17 heavy (non-hydrogen) atoms. The molecule has 1 spiro atoms. The predicted octanol–water partition coefficient (Wildman–Crippen LogP) is 0.361. The summed E-state index contributed by atoms with van der Waals surface area (Å²) in [5.74, 6) is -5.84. The van der Waals surface area contributed by atoms with Crippen LogP contribution < -0.4 is 0 Å². The van der Waals surface area contributed by atoms with E-state index in [0.717, 1.165) is 6.92 Å². The lowest BCUT2D eigenvalue weighted by Gasteiger charge is -2.58. The van der Waals surface area contributed by atoms with Gasteiger partial charge >= 0.3 is 30.4 Å². The molecule has 0 aromatic heterocycles. The largest absolute Gasteiger partial charge is 0.424 e. The van der Waals surface area contributed by atoms with Gasteiger partial charge in [0.2, 0.25) is 0 Å². The number of alkyl halides is 2. The van der Waals surface area contributed by atoms with Gasteiger partial charge in [-0.15, -0.1) is 0 Å². The molecule has 10 heteroatoms. The highest BCUT2D eigenvalue weighted by molar-refractivity contribution is 5.79. The van der Waals surface area contributed by atoms with Crippen molar-refractivity contribution in [2.45, 2.75) is 31.1 Å². The molecule has 0 unspecified atom stereocenters. The Kier molecular flexibility index (Phi) is 2.34. The lowest BCUT2D eigenvalue weighted by Crippen LogP contribution is -2.80. The van der Waals surface area contributed by atoms with Gasteiger partial charge < -0.3 is 0 Å². The molecule has 0 amide bonds. The van der Waals surface area contributed by atoms with Crippen LogP contribution in [0.25, 0.3) is 0 Å². The first-order valence-electron chi connectivity index (χ1n) is 4.14. The SMILES string of the molecule is CC1(C(=O)F)OC2(O1)OC(C(=O)F)(C(F)F)O2. The predicted molar refractivity (Wildman–Crippen MR) is 36.4 cm³/mol. The van der Waals surface area contributed by atoms with E-state index in [1.54, 1.807) is 0 Å². The minimum Gasteiger partial charge on any atom is -0.259 e. The molecule has 2 heterocycles. The van der Waals surface area contributed by atoms with Crippen LogP contribution in [0, 0.1) is 0 Å². The van der Waals surface area contributed by atoms with E-state index in [4.69, 9.17) is 0 Å². The molecule has 0 bridgehead atoms. The van der Waals surface area contributed by atoms with Crippen molar-refractivity contribution in [1.29, 1.82) is 0 Å². The molecule has 0 aromatic rings. The number of rotatable bonds is 3. The quantitative estimate of drug-likeness (QED) is 0.539. The summed E-state index contributed by atoms with van der Waals surface area (Å²) in [6, 6.07) is -4.68. The van der Waals surface area contributed by atoms with E-state index >= 15 is 0 Å². The number of carbonyl (C=O) groups is 2. The van der Waals surface area contributed by atoms with Crippen LogP contribution in [-0.4, -0.2) is 36.2 Å². The van der Waals surface area contributed by atoms with Crippen LogP contribution >= 0.6 is 0 Å². The van der Waals surface area contributed by atoms with Crippen LogP contribution in [0.15, 0.2) is 0 Å². The van der Waals surface area contributed by atoms with E-state index in [0.29, 0.717) is 0 Å². The fraction of sp³-hybridized carbons (Fsp3) is 0.714. The van der Waals surface area contributed by atoms with Gasteiger partial charge in [-0.1, -0.05) is 0 Å². The molecule has 96 valence electrons. The van der Waals surface area contributed by atoms with E-state index in [9.17, 15) is 27.2 Å². The summed E-state index contributed by atoms with van der Waals surface area (Å²) in [5.41, 5.74) is 0. The van der Waals surface area contributed by atoms with Crippen molar-refractivity contribution in [3.05, 3.63) is 0 Å².